The molecule has 1 saturated heterocycles. The van der Waals surface area contributed by atoms with E-state index in [1.807, 2.05) is 0 Å². The van der Waals surface area contributed by atoms with E-state index in [1.54, 1.807) is 0 Å². The van der Waals surface area contributed by atoms with Crippen LogP contribution >= 0.6 is 0 Å². The minimum atomic E-state index is 0.0420. The molecule has 0 spiro atoms. The molecular formula is C21H27NO. The van der Waals surface area contributed by atoms with Crippen LogP contribution in [-0.2, 0) is 4.79 Å². The second kappa shape index (κ2) is 5.09. The molecular weight excluding hydrogens is 282 g/mol. The highest BCUT2D eigenvalue weighted by Gasteiger charge is 2.56. The molecule has 122 valence electrons. The third kappa shape index (κ3) is 2.25. The van der Waals surface area contributed by atoms with Crippen molar-refractivity contribution in [1.29, 1.82) is 0 Å². The van der Waals surface area contributed by atoms with Crippen LogP contribution in [0.25, 0.3) is 0 Å². The van der Waals surface area contributed by atoms with Crippen molar-refractivity contribution in [2.45, 2.75) is 50.9 Å². The number of benzene rings is 1. The van der Waals surface area contributed by atoms with Crippen molar-refractivity contribution in [3.8, 4) is 0 Å². The summed E-state index contributed by atoms with van der Waals surface area (Å²) in [5.41, 5.74) is 1.45. The van der Waals surface area contributed by atoms with E-state index in [4.69, 9.17) is 0 Å². The van der Waals surface area contributed by atoms with Gasteiger partial charge < -0.3 is 4.90 Å². The summed E-state index contributed by atoms with van der Waals surface area (Å²) in [5, 5.41) is 0. The molecule has 5 aliphatic rings. The van der Waals surface area contributed by atoms with Gasteiger partial charge in [0.1, 0.15) is 0 Å². The van der Waals surface area contributed by atoms with Gasteiger partial charge in [0.25, 0.3) is 0 Å². The first kappa shape index (κ1) is 14.1. The molecule has 1 aromatic carbocycles. The zero-order valence-corrected chi connectivity index (χ0v) is 13.9. The average molecular weight is 309 g/mol. The molecule has 4 aliphatic carbocycles. The van der Waals surface area contributed by atoms with Crippen LogP contribution in [0.5, 0.6) is 0 Å². The fourth-order valence-corrected chi connectivity index (χ4v) is 6.65. The minimum Gasteiger partial charge on any atom is -0.342 e. The largest absolute Gasteiger partial charge is 0.342 e. The van der Waals surface area contributed by atoms with Crippen molar-refractivity contribution in [2.24, 2.45) is 23.2 Å². The van der Waals surface area contributed by atoms with Gasteiger partial charge in [0.2, 0.25) is 5.91 Å². The molecule has 1 aromatic rings. The molecule has 1 heterocycles. The summed E-state index contributed by atoms with van der Waals surface area (Å²) in [7, 11) is 0. The van der Waals surface area contributed by atoms with E-state index in [9.17, 15) is 4.79 Å². The van der Waals surface area contributed by atoms with Crippen LogP contribution in [0.15, 0.2) is 30.3 Å². The van der Waals surface area contributed by atoms with E-state index in [1.165, 1.54) is 44.1 Å². The predicted octanol–water partition coefficient (Wildman–Crippen LogP) is 4.22. The van der Waals surface area contributed by atoms with Gasteiger partial charge in [-0.2, -0.15) is 0 Å². The molecule has 1 amide bonds. The molecule has 4 saturated carbocycles. The van der Waals surface area contributed by atoms with Gasteiger partial charge in [-0.1, -0.05) is 30.3 Å². The third-order valence-corrected chi connectivity index (χ3v) is 7.24. The number of hydrogen-bond acceptors (Lipinski definition) is 1. The first-order valence-electron chi connectivity index (χ1n) is 9.56. The molecule has 6 rings (SSSR count). The Labute approximate surface area is 139 Å². The quantitative estimate of drug-likeness (QED) is 0.801. The maximum Gasteiger partial charge on any atom is 0.228 e. The lowest BCUT2D eigenvalue weighted by atomic mass is 9.49. The van der Waals surface area contributed by atoms with Crippen molar-refractivity contribution in [3.63, 3.8) is 0 Å². The predicted molar refractivity (Wildman–Crippen MR) is 91.0 cm³/mol. The van der Waals surface area contributed by atoms with Crippen LogP contribution in [0.2, 0.25) is 0 Å². The van der Waals surface area contributed by atoms with Gasteiger partial charge in [0.05, 0.1) is 5.41 Å². The zero-order valence-electron chi connectivity index (χ0n) is 13.9. The smallest absolute Gasteiger partial charge is 0.228 e. The molecule has 5 fully saturated rings. The standard InChI is InChI=1S/C21H27NO/c23-20(21-11-15-8-16(12-21)10-17(9-15)13-21)22-7-6-19(14-22)18-4-2-1-3-5-18/h1-5,15-17,19H,6-14H2. The maximum atomic E-state index is 13.4. The van der Waals surface area contributed by atoms with Crippen LogP contribution in [0, 0.1) is 23.2 Å². The van der Waals surface area contributed by atoms with Crippen molar-refractivity contribution in [3.05, 3.63) is 35.9 Å². The molecule has 0 N–H and O–H groups in total. The molecule has 1 aliphatic heterocycles. The van der Waals surface area contributed by atoms with Gasteiger partial charge in [-0.15, -0.1) is 0 Å². The zero-order chi connectivity index (χ0) is 15.4. The van der Waals surface area contributed by atoms with Gasteiger partial charge in [0, 0.05) is 19.0 Å². The Balaban J connectivity index is 1.34. The van der Waals surface area contributed by atoms with Crippen molar-refractivity contribution in [2.75, 3.05) is 13.1 Å². The lowest BCUT2D eigenvalue weighted by Crippen LogP contribution is -2.54. The molecule has 2 heteroatoms. The SMILES string of the molecule is O=C(N1CCC(c2ccccc2)C1)C12CC3CC(CC(C3)C1)C2. The van der Waals surface area contributed by atoms with E-state index in [0.717, 1.165) is 37.3 Å². The summed E-state index contributed by atoms with van der Waals surface area (Å²) in [4.78, 5) is 15.6. The Kier molecular flexibility index (Phi) is 3.11. The fraction of sp³-hybridized carbons (Fsp3) is 0.667. The van der Waals surface area contributed by atoms with Gasteiger partial charge in [0.15, 0.2) is 0 Å². The first-order chi connectivity index (χ1) is 11.2. The van der Waals surface area contributed by atoms with Gasteiger partial charge in [-0.3, -0.25) is 4.79 Å². The van der Waals surface area contributed by atoms with Crippen LogP contribution in [0.3, 0.4) is 0 Å². The lowest BCUT2D eigenvalue weighted by Gasteiger charge is -2.56. The summed E-state index contributed by atoms with van der Waals surface area (Å²) in [6.45, 7) is 1.92. The minimum absolute atomic E-state index is 0.0420. The monoisotopic (exact) mass is 309 g/mol. The van der Waals surface area contributed by atoms with Crippen LogP contribution < -0.4 is 0 Å². The summed E-state index contributed by atoms with van der Waals surface area (Å²) in [6.07, 6.45) is 8.98. The highest BCUT2D eigenvalue weighted by Crippen LogP contribution is 2.60. The van der Waals surface area contributed by atoms with Crippen LogP contribution in [-0.4, -0.2) is 23.9 Å². The lowest BCUT2D eigenvalue weighted by molar-refractivity contribution is -0.156. The third-order valence-electron chi connectivity index (χ3n) is 7.24. The van der Waals surface area contributed by atoms with E-state index in [-0.39, 0.29) is 5.41 Å². The second-order valence-electron chi connectivity index (χ2n) is 8.85. The summed E-state index contributed by atoms with van der Waals surface area (Å²) < 4.78 is 0. The average Bonchev–Trinajstić information content (AvgIpc) is 3.03. The Morgan fingerprint density at radius 2 is 1.57 bits per heavy atom. The number of carbonyl (C=O) groups is 1. The fourth-order valence-electron chi connectivity index (χ4n) is 6.65. The van der Waals surface area contributed by atoms with Crippen molar-refractivity contribution in [1.82, 2.24) is 4.90 Å². The Morgan fingerprint density at radius 1 is 0.957 bits per heavy atom. The first-order valence-corrected chi connectivity index (χ1v) is 9.56. The number of likely N-dealkylation sites (tertiary alicyclic amines) is 1. The summed E-state index contributed by atoms with van der Waals surface area (Å²) in [6, 6.07) is 10.8. The van der Waals surface area contributed by atoms with E-state index in [2.05, 4.69) is 35.2 Å². The topological polar surface area (TPSA) is 20.3 Å². The number of rotatable bonds is 2. The van der Waals surface area contributed by atoms with Crippen LogP contribution in [0.4, 0.5) is 0 Å². The highest BCUT2D eigenvalue weighted by molar-refractivity contribution is 5.83. The highest BCUT2D eigenvalue weighted by atomic mass is 16.2. The molecule has 2 nitrogen and oxygen atoms in total. The molecule has 4 bridgehead atoms. The number of hydrogen-bond donors (Lipinski definition) is 0. The number of nitrogens with zero attached hydrogens (tertiary/aromatic N) is 1. The van der Waals surface area contributed by atoms with E-state index >= 15 is 0 Å². The number of carbonyl (C=O) groups excluding carboxylic acids is 1. The Bertz CT molecular complexity index is 572. The van der Waals surface area contributed by atoms with E-state index in [0.29, 0.717) is 11.8 Å². The number of amides is 1. The molecule has 1 unspecified atom stereocenters. The molecule has 23 heavy (non-hydrogen) atoms. The van der Waals surface area contributed by atoms with Gasteiger partial charge in [-0.25, -0.2) is 0 Å². The Morgan fingerprint density at radius 3 is 2.17 bits per heavy atom. The summed E-state index contributed by atoms with van der Waals surface area (Å²) in [5.74, 6) is 3.65. The maximum absolute atomic E-state index is 13.4. The van der Waals surface area contributed by atoms with Gasteiger partial charge in [-0.05, 0) is 68.3 Å². The van der Waals surface area contributed by atoms with Crippen molar-refractivity contribution >= 4 is 5.91 Å². The van der Waals surface area contributed by atoms with Crippen molar-refractivity contribution < 1.29 is 4.79 Å². The molecule has 0 radical (unpaired) electrons. The van der Waals surface area contributed by atoms with Crippen LogP contribution in [0.1, 0.15) is 56.4 Å². The molecule has 1 atom stereocenters. The molecule has 0 aromatic heterocycles. The summed E-state index contributed by atoms with van der Waals surface area (Å²) >= 11 is 0. The van der Waals surface area contributed by atoms with E-state index < -0.39 is 0 Å². The van der Waals surface area contributed by atoms with Gasteiger partial charge >= 0.3 is 0 Å². The Hall–Kier alpha value is -1.31. The normalized spacial score (nSPS) is 41.5. The second-order valence-corrected chi connectivity index (χ2v) is 8.85.